The molecule has 27 heavy (non-hydrogen) atoms. The maximum absolute atomic E-state index is 14.1. The van der Waals surface area contributed by atoms with E-state index in [0.29, 0.717) is 34.7 Å². The van der Waals surface area contributed by atoms with Crippen LogP contribution in [0.3, 0.4) is 0 Å². The van der Waals surface area contributed by atoms with E-state index in [1.54, 1.807) is 6.07 Å². The molecule has 7 heteroatoms. The molecular weight excluding hydrogens is 433 g/mol. The smallest absolute Gasteiger partial charge is 0.234 e. The Labute approximate surface area is 172 Å². The zero-order valence-electron chi connectivity index (χ0n) is 14.9. The van der Waals surface area contributed by atoms with E-state index in [0.717, 1.165) is 31.7 Å². The van der Waals surface area contributed by atoms with Crippen molar-refractivity contribution in [1.29, 1.82) is 0 Å². The molecule has 0 spiro atoms. The zero-order valence-corrected chi connectivity index (χ0v) is 17.3. The molecule has 1 saturated heterocycles. The lowest BCUT2D eigenvalue weighted by Gasteiger charge is -2.34. The first-order valence-electron chi connectivity index (χ1n) is 8.90. The lowest BCUT2D eigenvalue weighted by atomic mass is 10.2. The lowest BCUT2D eigenvalue weighted by molar-refractivity contribution is -0.122. The number of carbonyl (C=O) groups is 1. The fourth-order valence-corrected chi connectivity index (χ4v) is 3.61. The first-order valence-corrected chi connectivity index (χ1v) is 10.1. The molecule has 1 aliphatic heterocycles. The van der Waals surface area contributed by atoms with Gasteiger partial charge in [0, 0.05) is 49.9 Å². The van der Waals surface area contributed by atoms with E-state index in [1.807, 2.05) is 36.4 Å². The molecule has 0 aromatic heterocycles. The normalized spacial score (nSPS) is 15.7. The van der Waals surface area contributed by atoms with Gasteiger partial charge >= 0.3 is 0 Å². The molecule has 1 aliphatic rings. The second-order valence-electron chi connectivity index (χ2n) is 6.67. The van der Waals surface area contributed by atoms with Gasteiger partial charge < -0.3 is 5.32 Å². The van der Waals surface area contributed by atoms with Crippen molar-refractivity contribution in [2.45, 2.75) is 13.1 Å². The third-order valence-corrected chi connectivity index (χ3v) is 5.53. The van der Waals surface area contributed by atoms with Crippen LogP contribution in [0, 0.1) is 5.82 Å². The van der Waals surface area contributed by atoms with Crippen LogP contribution in [-0.2, 0) is 17.9 Å². The quantitative estimate of drug-likeness (QED) is 0.723. The van der Waals surface area contributed by atoms with Gasteiger partial charge in [0.15, 0.2) is 0 Å². The van der Waals surface area contributed by atoms with E-state index in [1.165, 1.54) is 0 Å². The molecule has 4 nitrogen and oxygen atoms in total. The van der Waals surface area contributed by atoms with Gasteiger partial charge in [0.05, 0.1) is 11.0 Å². The number of benzene rings is 2. The minimum atomic E-state index is -0.193. The second kappa shape index (κ2) is 9.64. The van der Waals surface area contributed by atoms with Crippen molar-refractivity contribution in [3.63, 3.8) is 0 Å². The van der Waals surface area contributed by atoms with Crippen LogP contribution in [-0.4, -0.2) is 48.4 Å². The fourth-order valence-electron chi connectivity index (χ4n) is 3.08. The number of halogens is 3. The van der Waals surface area contributed by atoms with E-state index in [-0.39, 0.29) is 11.7 Å². The summed E-state index contributed by atoms with van der Waals surface area (Å²) in [6.07, 6.45) is 0. The Hall–Kier alpha value is -1.47. The summed E-state index contributed by atoms with van der Waals surface area (Å²) in [5.41, 5.74) is 1.71. The third kappa shape index (κ3) is 6.01. The number of rotatable bonds is 6. The Morgan fingerprint density at radius 1 is 1.07 bits per heavy atom. The number of piperazine rings is 1. The van der Waals surface area contributed by atoms with Gasteiger partial charge in [-0.05, 0) is 39.7 Å². The molecule has 2 aromatic carbocycles. The molecule has 0 bridgehead atoms. The molecule has 0 radical (unpaired) electrons. The van der Waals surface area contributed by atoms with Crippen LogP contribution in [0.5, 0.6) is 0 Å². The van der Waals surface area contributed by atoms with Crippen molar-refractivity contribution in [3.8, 4) is 0 Å². The summed E-state index contributed by atoms with van der Waals surface area (Å²) >= 11 is 9.09. The van der Waals surface area contributed by atoms with Crippen molar-refractivity contribution in [1.82, 2.24) is 15.1 Å². The highest BCUT2D eigenvalue weighted by Gasteiger charge is 2.20. The highest BCUT2D eigenvalue weighted by atomic mass is 79.9. The van der Waals surface area contributed by atoms with Crippen molar-refractivity contribution < 1.29 is 9.18 Å². The Morgan fingerprint density at radius 3 is 2.44 bits per heavy atom. The van der Waals surface area contributed by atoms with Crippen molar-refractivity contribution in [2.24, 2.45) is 0 Å². The summed E-state index contributed by atoms with van der Waals surface area (Å²) < 4.78 is 14.6. The van der Waals surface area contributed by atoms with Gasteiger partial charge in [0.25, 0.3) is 0 Å². The maximum Gasteiger partial charge on any atom is 0.234 e. The monoisotopic (exact) mass is 453 g/mol. The van der Waals surface area contributed by atoms with Crippen LogP contribution in [0.4, 0.5) is 4.39 Å². The topological polar surface area (TPSA) is 35.6 Å². The van der Waals surface area contributed by atoms with Gasteiger partial charge in [-0.2, -0.15) is 0 Å². The summed E-state index contributed by atoms with van der Waals surface area (Å²) in [4.78, 5) is 16.5. The molecule has 0 unspecified atom stereocenters. The number of amides is 1. The van der Waals surface area contributed by atoms with E-state index < -0.39 is 0 Å². The summed E-state index contributed by atoms with van der Waals surface area (Å²) in [6, 6.07) is 12.8. The van der Waals surface area contributed by atoms with Crippen LogP contribution < -0.4 is 5.32 Å². The molecular formula is C20H22BrClFN3O. The highest BCUT2D eigenvalue weighted by Crippen LogP contribution is 2.20. The number of carbonyl (C=O) groups excluding carboxylic acids is 1. The van der Waals surface area contributed by atoms with Crippen LogP contribution in [0.2, 0.25) is 5.02 Å². The third-order valence-electron chi connectivity index (χ3n) is 4.66. The van der Waals surface area contributed by atoms with Crippen molar-refractivity contribution in [3.05, 3.63) is 68.9 Å². The van der Waals surface area contributed by atoms with Gasteiger partial charge in [-0.3, -0.25) is 14.6 Å². The average Bonchev–Trinajstić information content (AvgIpc) is 2.66. The minimum absolute atomic E-state index is 0.0106. The average molecular weight is 455 g/mol. The largest absolute Gasteiger partial charge is 0.351 e. The molecule has 1 N–H and O–H groups in total. The second-order valence-corrected chi connectivity index (χ2v) is 7.96. The number of nitrogens with zero attached hydrogens (tertiary/aromatic N) is 2. The molecule has 1 fully saturated rings. The maximum atomic E-state index is 14.1. The molecule has 1 amide bonds. The molecule has 0 atom stereocenters. The Bertz CT molecular complexity index is 779. The first-order chi connectivity index (χ1) is 13.0. The van der Waals surface area contributed by atoms with Crippen LogP contribution in [0.15, 0.2) is 46.9 Å². The fraction of sp³-hybridized carbons (Fsp3) is 0.350. The van der Waals surface area contributed by atoms with E-state index >= 15 is 0 Å². The van der Waals surface area contributed by atoms with E-state index in [9.17, 15) is 9.18 Å². The number of hydrogen-bond donors (Lipinski definition) is 1. The van der Waals surface area contributed by atoms with Crippen molar-refractivity contribution in [2.75, 3.05) is 32.7 Å². The van der Waals surface area contributed by atoms with Gasteiger partial charge in [-0.1, -0.05) is 35.9 Å². The molecule has 144 valence electrons. The molecule has 0 saturated carbocycles. The Balaban J connectivity index is 1.40. The van der Waals surface area contributed by atoms with Crippen LogP contribution >= 0.6 is 27.5 Å². The summed E-state index contributed by atoms with van der Waals surface area (Å²) in [6.45, 7) is 4.69. The molecule has 1 heterocycles. The van der Waals surface area contributed by atoms with Gasteiger partial charge in [-0.25, -0.2) is 4.39 Å². The van der Waals surface area contributed by atoms with Gasteiger partial charge in [0.1, 0.15) is 5.82 Å². The Kier molecular flexibility index (Phi) is 7.24. The predicted octanol–water partition coefficient (Wildman–Crippen LogP) is 3.68. The zero-order chi connectivity index (χ0) is 19.2. The summed E-state index contributed by atoms with van der Waals surface area (Å²) in [5.74, 6) is -0.182. The molecule has 0 aliphatic carbocycles. The molecule has 2 aromatic rings. The molecule has 3 rings (SSSR count). The van der Waals surface area contributed by atoms with Crippen LogP contribution in [0.25, 0.3) is 0 Å². The highest BCUT2D eigenvalue weighted by molar-refractivity contribution is 9.10. The predicted molar refractivity (Wildman–Crippen MR) is 109 cm³/mol. The van der Waals surface area contributed by atoms with Gasteiger partial charge in [-0.15, -0.1) is 0 Å². The number of hydrogen-bond acceptors (Lipinski definition) is 3. The SMILES string of the molecule is O=C(CN1CCN(Cc2cccc(Br)c2F)CC1)NCc1ccc(Cl)cc1. The van der Waals surface area contributed by atoms with Crippen molar-refractivity contribution >= 4 is 33.4 Å². The Morgan fingerprint density at radius 2 is 1.74 bits per heavy atom. The summed E-state index contributed by atoms with van der Waals surface area (Å²) in [7, 11) is 0. The lowest BCUT2D eigenvalue weighted by Crippen LogP contribution is -2.49. The standard InChI is InChI=1S/C20H22BrClFN3O/c21-18-3-1-2-16(20(18)23)13-25-8-10-26(11-9-25)14-19(27)24-12-15-4-6-17(22)7-5-15/h1-7H,8-14H2,(H,24,27). The minimum Gasteiger partial charge on any atom is -0.351 e. The number of nitrogens with one attached hydrogen (secondary N) is 1. The first kappa shape index (κ1) is 20.3. The van der Waals surface area contributed by atoms with E-state index in [2.05, 4.69) is 31.0 Å². The van der Waals surface area contributed by atoms with E-state index in [4.69, 9.17) is 11.6 Å². The van der Waals surface area contributed by atoms with Gasteiger partial charge in [0.2, 0.25) is 5.91 Å². The summed E-state index contributed by atoms with van der Waals surface area (Å²) in [5, 5.41) is 3.62. The van der Waals surface area contributed by atoms with Crippen LogP contribution in [0.1, 0.15) is 11.1 Å².